The van der Waals surface area contributed by atoms with Crippen LogP contribution in [0.15, 0.2) is 42.6 Å². The zero-order valence-corrected chi connectivity index (χ0v) is 18.0. The SMILES string of the molecule is CC(ON1CCN(c2ccc(Cl)c(Cl)c2)CC1)c1ccc2[nH]cc(CCN)c2c1. The van der Waals surface area contributed by atoms with E-state index in [2.05, 4.69) is 46.3 Å². The highest BCUT2D eigenvalue weighted by atomic mass is 35.5. The van der Waals surface area contributed by atoms with Crippen LogP contribution in [0.2, 0.25) is 10.0 Å². The molecule has 0 aliphatic carbocycles. The predicted molar refractivity (Wildman–Crippen MR) is 121 cm³/mol. The van der Waals surface area contributed by atoms with Crippen molar-refractivity contribution in [1.29, 1.82) is 0 Å². The minimum Gasteiger partial charge on any atom is -0.369 e. The van der Waals surface area contributed by atoms with E-state index in [1.165, 1.54) is 16.5 Å². The molecule has 3 aromatic rings. The molecule has 1 atom stereocenters. The molecule has 0 bridgehead atoms. The number of rotatable bonds is 6. The standard InChI is InChI=1S/C22H26Cl2N4O/c1-15(16-2-5-22-19(12-16)17(6-7-25)14-26-22)29-28-10-8-27(9-11-28)18-3-4-20(23)21(24)13-18/h2-5,12-15,26H,6-11,25H2,1H3. The van der Waals surface area contributed by atoms with Crippen molar-refractivity contribution >= 4 is 39.8 Å². The Morgan fingerprint density at radius 2 is 1.86 bits per heavy atom. The molecule has 154 valence electrons. The molecule has 1 aliphatic rings. The Kier molecular flexibility index (Phi) is 6.32. The first kappa shape index (κ1) is 20.5. The van der Waals surface area contributed by atoms with E-state index in [1.807, 2.05) is 18.2 Å². The molecule has 7 heteroatoms. The number of halogens is 2. The van der Waals surface area contributed by atoms with Crippen LogP contribution in [0.1, 0.15) is 24.2 Å². The summed E-state index contributed by atoms with van der Waals surface area (Å²) in [5.41, 5.74) is 10.4. The summed E-state index contributed by atoms with van der Waals surface area (Å²) in [5, 5.41) is 4.46. The van der Waals surface area contributed by atoms with Crippen LogP contribution in [0.25, 0.3) is 10.9 Å². The maximum atomic E-state index is 6.25. The first-order chi connectivity index (χ1) is 14.0. The monoisotopic (exact) mass is 432 g/mol. The molecule has 2 heterocycles. The van der Waals surface area contributed by atoms with Crippen molar-refractivity contribution in [1.82, 2.24) is 10.0 Å². The fourth-order valence-corrected chi connectivity index (χ4v) is 4.12. The average Bonchev–Trinajstić information content (AvgIpc) is 3.13. The number of nitrogens with one attached hydrogen (secondary N) is 1. The lowest BCUT2D eigenvalue weighted by molar-refractivity contribution is -0.197. The number of hydrogen-bond acceptors (Lipinski definition) is 4. The quantitative estimate of drug-likeness (QED) is 0.587. The van der Waals surface area contributed by atoms with Crippen LogP contribution in [-0.2, 0) is 11.3 Å². The highest BCUT2D eigenvalue weighted by molar-refractivity contribution is 6.42. The highest BCUT2D eigenvalue weighted by Crippen LogP contribution is 2.29. The lowest BCUT2D eigenvalue weighted by Gasteiger charge is -2.36. The topological polar surface area (TPSA) is 57.5 Å². The van der Waals surface area contributed by atoms with Gasteiger partial charge in [-0.05, 0) is 61.3 Å². The number of anilines is 1. The number of H-pyrrole nitrogens is 1. The van der Waals surface area contributed by atoms with Crippen LogP contribution >= 0.6 is 23.2 Å². The normalized spacial score (nSPS) is 16.5. The van der Waals surface area contributed by atoms with Crippen LogP contribution in [-0.4, -0.2) is 42.8 Å². The summed E-state index contributed by atoms with van der Waals surface area (Å²) >= 11 is 12.2. The van der Waals surface area contributed by atoms with Gasteiger partial charge in [-0.3, -0.25) is 4.84 Å². The second-order valence-electron chi connectivity index (χ2n) is 7.42. The van der Waals surface area contributed by atoms with Gasteiger partial charge in [-0.1, -0.05) is 29.3 Å². The molecule has 0 amide bonds. The number of piperazine rings is 1. The van der Waals surface area contributed by atoms with Gasteiger partial charge in [0.25, 0.3) is 0 Å². The molecule has 0 saturated carbocycles. The number of fused-ring (bicyclic) bond motifs is 1. The number of nitrogens with zero attached hydrogens (tertiary/aromatic N) is 2. The number of benzene rings is 2. The van der Waals surface area contributed by atoms with Crippen molar-refractivity contribution < 1.29 is 4.84 Å². The number of nitrogens with two attached hydrogens (primary N) is 1. The first-order valence-electron chi connectivity index (χ1n) is 9.97. The van der Waals surface area contributed by atoms with Crippen molar-refractivity contribution in [2.45, 2.75) is 19.4 Å². The third-order valence-corrected chi connectivity index (χ3v) is 6.23. The third kappa shape index (κ3) is 4.55. The van der Waals surface area contributed by atoms with E-state index in [1.54, 1.807) is 0 Å². The van der Waals surface area contributed by atoms with Crippen LogP contribution in [0.5, 0.6) is 0 Å². The predicted octanol–water partition coefficient (Wildman–Crippen LogP) is 4.79. The van der Waals surface area contributed by atoms with Gasteiger partial charge in [0.15, 0.2) is 0 Å². The van der Waals surface area contributed by atoms with Crippen molar-refractivity contribution in [3.8, 4) is 0 Å². The number of hydrogen-bond donors (Lipinski definition) is 2. The van der Waals surface area contributed by atoms with Crippen molar-refractivity contribution in [3.63, 3.8) is 0 Å². The third-order valence-electron chi connectivity index (χ3n) is 5.49. The molecule has 1 aliphatic heterocycles. The van der Waals surface area contributed by atoms with E-state index in [0.29, 0.717) is 16.6 Å². The molecular weight excluding hydrogens is 407 g/mol. The van der Waals surface area contributed by atoms with E-state index in [4.69, 9.17) is 33.8 Å². The molecule has 2 aromatic carbocycles. The Morgan fingerprint density at radius 3 is 2.59 bits per heavy atom. The number of aromatic amines is 1. The highest BCUT2D eigenvalue weighted by Gasteiger charge is 2.21. The summed E-state index contributed by atoms with van der Waals surface area (Å²) in [7, 11) is 0. The van der Waals surface area contributed by atoms with Gasteiger partial charge in [0.1, 0.15) is 6.10 Å². The Morgan fingerprint density at radius 1 is 1.07 bits per heavy atom. The summed E-state index contributed by atoms with van der Waals surface area (Å²) in [5.74, 6) is 0. The molecule has 1 unspecified atom stereocenters. The fraction of sp³-hybridized carbons (Fsp3) is 0.364. The lowest BCUT2D eigenvalue weighted by atomic mass is 10.0. The summed E-state index contributed by atoms with van der Waals surface area (Å²) in [6.45, 7) is 6.16. The molecule has 1 aromatic heterocycles. The zero-order valence-electron chi connectivity index (χ0n) is 16.5. The average molecular weight is 433 g/mol. The van der Waals surface area contributed by atoms with Gasteiger partial charge in [0.2, 0.25) is 0 Å². The smallest absolute Gasteiger partial charge is 0.101 e. The minimum absolute atomic E-state index is 0.0171. The van der Waals surface area contributed by atoms with Gasteiger partial charge in [-0.25, -0.2) is 0 Å². The van der Waals surface area contributed by atoms with Crippen LogP contribution < -0.4 is 10.6 Å². The van der Waals surface area contributed by atoms with E-state index in [-0.39, 0.29) is 6.10 Å². The maximum absolute atomic E-state index is 6.25. The van der Waals surface area contributed by atoms with Gasteiger partial charge in [-0.15, -0.1) is 0 Å². The summed E-state index contributed by atoms with van der Waals surface area (Å²) < 4.78 is 0. The molecule has 1 saturated heterocycles. The lowest BCUT2D eigenvalue weighted by Crippen LogP contribution is -2.46. The van der Waals surface area contributed by atoms with Gasteiger partial charge in [0.05, 0.1) is 10.0 Å². The van der Waals surface area contributed by atoms with Crippen LogP contribution in [0.4, 0.5) is 5.69 Å². The Balaban J connectivity index is 1.38. The molecule has 3 N–H and O–H groups in total. The summed E-state index contributed by atoms with van der Waals surface area (Å²) in [4.78, 5) is 11.9. The summed E-state index contributed by atoms with van der Waals surface area (Å²) in [6, 6.07) is 12.2. The van der Waals surface area contributed by atoms with E-state index < -0.39 is 0 Å². The first-order valence-corrected chi connectivity index (χ1v) is 10.7. The van der Waals surface area contributed by atoms with Gasteiger partial charge >= 0.3 is 0 Å². The van der Waals surface area contributed by atoms with E-state index in [0.717, 1.165) is 43.8 Å². The number of aromatic nitrogens is 1. The Bertz CT molecular complexity index is 982. The van der Waals surface area contributed by atoms with Gasteiger partial charge < -0.3 is 15.6 Å². The molecule has 0 spiro atoms. The minimum atomic E-state index is -0.0171. The van der Waals surface area contributed by atoms with Crippen LogP contribution in [0, 0.1) is 0 Å². The van der Waals surface area contributed by atoms with E-state index in [9.17, 15) is 0 Å². The van der Waals surface area contributed by atoms with Crippen molar-refractivity contribution in [2.75, 3.05) is 37.6 Å². The van der Waals surface area contributed by atoms with E-state index >= 15 is 0 Å². The molecular formula is C22H26Cl2N4O. The van der Waals surface area contributed by atoms with Crippen molar-refractivity contribution in [2.24, 2.45) is 5.73 Å². The Labute approximate surface area is 181 Å². The maximum Gasteiger partial charge on any atom is 0.101 e. The molecule has 0 radical (unpaired) electrons. The van der Waals surface area contributed by atoms with Crippen molar-refractivity contribution in [3.05, 3.63) is 63.8 Å². The second kappa shape index (κ2) is 8.94. The molecule has 5 nitrogen and oxygen atoms in total. The Hall–Kier alpha value is -1.76. The molecule has 1 fully saturated rings. The van der Waals surface area contributed by atoms with Gasteiger partial charge in [-0.2, -0.15) is 5.06 Å². The fourth-order valence-electron chi connectivity index (χ4n) is 3.83. The summed E-state index contributed by atoms with van der Waals surface area (Å²) in [6.07, 6.45) is 2.90. The largest absolute Gasteiger partial charge is 0.369 e. The van der Waals surface area contributed by atoms with Crippen LogP contribution in [0.3, 0.4) is 0 Å². The second-order valence-corrected chi connectivity index (χ2v) is 8.23. The molecule has 29 heavy (non-hydrogen) atoms. The zero-order chi connectivity index (χ0) is 20.4. The number of hydroxylamine groups is 2. The molecule has 4 rings (SSSR count). The van der Waals surface area contributed by atoms with Gasteiger partial charge in [0, 0.05) is 49.0 Å².